The highest BCUT2D eigenvalue weighted by Crippen LogP contribution is 2.38. The number of carbonyl (C=O) groups is 1. The maximum Gasteiger partial charge on any atom is 0.292 e. The van der Waals surface area contributed by atoms with Crippen molar-refractivity contribution < 1.29 is 9.21 Å². The number of hydrogen-bond acceptors (Lipinski definition) is 6. The van der Waals surface area contributed by atoms with Gasteiger partial charge in [-0.15, -0.1) is 4.47 Å². The molecule has 0 aliphatic carbocycles. The topological polar surface area (TPSA) is 90.6 Å². The molecule has 0 spiro atoms. The monoisotopic (exact) mass is 424 g/mol. The van der Waals surface area contributed by atoms with Crippen LogP contribution in [0.1, 0.15) is 60.9 Å². The average Bonchev–Trinajstić information content (AvgIpc) is 3.44. The fourth-order valence-electron chi connectivity index (χ4n) is 3.74. The third kappa shape index (κ3) is 3.04. The predicted octanol–water partition coefficient (Wildman–Crippen LogP) is 3.74. The number of imidazole rings is 1. The molecule has 2 atom stereocenters. The number of hydrogen-bond donors (Lipinski definition) is 1. The fraction of sp³-hybridized carbons (Fsp3) is 0.381. The Balaban J connectivity index is 1.54. The molecule has 9 heteroatoms. The summed E-state index contributed by atoms with van der Waals surface area (Å²) in [5.41, 5.74) is 3.88. The van der Waals surface area contributed by atoms with Gasteiger partial charge in [-0.05, 0) is 29.3 Å². The molecule has 0 aromatic carbocycles. The summed E-state index contributed by atoms with van der Waals surface area (Å²) >= 11 is 0. The Labute approximate surface area is 177 Å². The number of aromatic nitrogens is 3. The molecule has 2 aromatic rings. The van der Waals surface area contributed by atoms with E-state index >= 15 is 0 Å². The number of nitrogens with one attached hydrogen (secondary N) is 1. The minimum absolute atomic E-state index is 0.176. The molecule has 1 amide bonds. The van der Waals surface area contributed by atoms with Gasteiger partial charge >= 0.3 is 0 Å². The maximum absolute atomic E-state index is 13.5. The molecule has 3 aliphatic rings. The summed E-state index contributed by atoms with van der Waals surface area (Å²) in [4.78, 5) is 27.4. The number of oxazole rings is 1. The zero-order chi connectivity index (χ0) is 21.0. The first-order chi connectivity index (χ1) is 14.3. The van der Waals surface area contributed by atoms with E-state index in [1.54, 1.807) is 6.33 Å². The number of nitrogens with zero attached hydrogens (tertiary/aromatic N) is 5. The van der Waals surface area contributed by atoms with Crippen molar-refractivity contribution in [2.24, 2.45) is 4.47 Å². The van der Waals surface area contributed by atoms with Gasteiger partial charge in [0.2, 0.25) is 11.7 Å². The number of allylic oxidation sites excluding steroid dienone is 3. The Kier molecular flexibility index (Phi) is 4.32. The SMILES string of the molecule is CC1=CC=CN2N=S([C@H]3c4nc[nH]c4CCN3C(=O)c3cnc(C(C)(C)C)o3)C=C12. The largest absolute Gasteiger partial charge is 0.435 e. The molecule has 0 saturated heterocycles. The van der Waals surface area contributed by atoms with Crippen LogP contribution in [0.25, 0.3) is 0 Å². The summed E-state index contributed by atoms with van der Waals surface area (Å²) in [7, 11) is -0.571. The Morgan fingerprint density at radius 2 is 2.17 bits per heavy atom. The lowest BCUT2D eigenvalue weighted by molar-refractivity contribution is 0.0688. The Hall–Kier alpha value is -2.94. The first-order valence-electron chi connectivity index (χ1n) is 9.92. The van der Waals surface area contributed by atoms with Crippen LogP contribution in [0, 0.1) is 0 Å². The molecule has 8 nitrogen and oxygen atoms in total. The van der Waals surface area contributed by atoms with Gasteiger partial charge in [0.25, 0.3) is 5.91 Å². The van der Waals surface area contributed by atoms with Crippen LogP contribution in [0.3, 0.4) is 0 Å². The van der Waals surface area contributed by atoms with Crippen LogP contribution >= 0.6 is 0 Å². The van der Waals surface area contributed by atoms with Gasteiger partial charge < -0.3 is 14.3 Å². The maximum atomic E-state index is 13.5. The summed E-state index contributed by atoms with van der Waals surface area (Å²) in [5, 5.41) is 3.76. The van der Waals surface area contributed by atoms with E-state index < -0.39 is 10.7 Å². The van der Waals surface area contributed by atoms with Gasteiger partial charge in [0.15, 0.2) is 0 Å². The van der Waals surface area contributed by atoms with Crippen molar-refractivity contribution in [2.75, 3.05) is 6.54 Å². The number of aromatic amines is 1. The van der Waals surface area contributed by atoms with Gasteiger partial charge in [-0.2, -0.15) is 0 Å². The quantitative estimate of drug-likeness (QED) is 0.793. The molecule has 0 radical (unpaired) electrons. The first-order valence-corrected chi connectivity index (χ1v) is 11.2. The summed E-state index contributed by atoms with van der Waals surface area (Å²) in [6, 6.07) is 0. The number of rotatable bonds is 2. The van der Waals surface area contributed by atoms with Gasteiger partial charge in [0.05, 0.1) is 23.9 Å². The fourth-order valence-corrected chi connectivity index (χ4v) is 5.77. The van der Waals surface area contributed by atoms with Crippen molar-refractivity contribution in [2.45, 2.75) is 44.9 Å². The summed E-state index contributed by atoms with van der Waals surface area (Å²) in [5.74, 6) is 0.636. The molecule has 0 bridgehead atoms. The number of fused-ring (bicyclic) bond motifs is 2. The van der Waals surface area contributed by atoms with Crippen LogP contribution in [0.4, 0.5) is 0 Å². The van der Waals surface area contributed by atoms with E-state index in [0.717, 1.165) is 22.7 Å². The number of H-pyrrole nitrogens is 1. The standard InChI is InChI=1S/C21H24N6O2S/c1-13-6-5-8-27-15(13)11-30(25-27)19-17-14(23-12-24-17)7-9-26(19)18(28)16-10-22-20(29-16)21(2,3)4/h5-6,8,10-12,19H,7,9H2,1-4H3,(H,23,24)/t19-,30?/m0/s1. The van der Waals surface area contributed by atoms with Crippen molar-refractivity contribution in [1.82, 2.24) is 24.9 Å². The summed E-state index contributed by atoms with van der Waals surface area (Å²) < 4.78 is 10.7. The van der Waals surface area contributed by atoms with Crippen molar-refractivity contribution >= 4 is 16.6 Å². The molecular weight excluding hydrogens is 400 g/mol. The van der Waals surface area contributed by atoms with E-state index in [2.05, 4.69) is 33.4 Å². The lowest BCUT2D eigenvalue weighted by Crippen LogP contribution is -2.41. The number of amides is 1. The normalized spacial score (nSPS) is 22.9. The minimum atomic E-state index is -0.571. The highest BCUT2D eigenvalue weighted by molar-refractivity contribution is 7.90. The van der Waals surface area contributed by atoms with E-state index in [-0.39, 0.29) is 22.5 Å². The van der Waals surface area contributed by atoms with Crippen LogP contribution in [0.2, 0.25) is 0 Å². The van der Waals surface area contributed by atoms with Crippen LogP contribution < -0.4 is 0 Å². The second kappa shape index (κ2) is 6.80. The minimum Gasteiger partial charge on any atom is -0.435 e. The Morgan fingerprint density at radius 3 is 2.90 bits per heavy atom. The van der Waals surface area contributed by atoms with Crippen molar-refractivity contribution in [3.05, 3.63) is 70.6 Å². The number of carbonyl (C=O) groups excluding carboxylic acids is 1. The lowest BCUT2D eigenvalue weighted by atomic mass is 9.97. The molecule has 3 aliphatic heterocycles. The van der Waals surface area contributed by atoms with E-state index in [1.165, 1.54) is 6.20 Å². The smallest absolute Gasteiger partial charge is 0.292 e. The van der Waals surface area contributed by atoms with Crippen molar-refractivity contribution in [3.63, 3.8) is 0 Å². The van der Waals surface area contributed by atoms with E-state index in [4.69, 9.17) is 8.89 Å². The Morgan fingerprint density at radius 1 is 1.33 bits per heavy atom. The summed E-state index contributed by atoms with van der Waals surface area (Å²) in [6.07, 6.45) is 9.94. The molecule has 5 rings (SSSR count). The molecule has 0 saturated carbocycles. The molecule has 156 valence electrons. The molecular formula is C21H24N6O2S. The van der Waals surface area contributed by atoms with Crippen LogP contribution in [0.15, 0.2) is 56.4 Å². The van der Waals surface area contributed by atoms with Gasteiger partial charge in [0.1, 0.15) is 5.37 Å². The predicted molar refractivity (Wildman–Crippen MR) is 114 cm³/mol. The van der Waals surface area contributed by atoms with Gasteiger partial charge in [0, 0.05) is 35.7 Å². The molecule has 5 heterocycles. The Bertz CT molecular complexity index is 1150. The second-order valence-corrected chi connectivity index (χ2v) is 10.2. The lowest BCUT2D eigenvalue weighted by Gasteiger charge is -2.34. The molecule has 30 heavy (non-hydrogen) atoms. The van der Waals surface area contributed by atoms with Crippen molar-refractivity contribution in [3.8, 4) is 0 Å². The van der Waals surface area contributed by atoms with Crippen LogP contribution in [-0.2, 0) is 22.5 Å². The highest BCUT2D eigenvalue weighted by atomic mass is 32.2. The van der Waals surface area contributed by atoms with Gasteiger partial charge in [-0.25, -0.2) is 15.0 Å². The zero-order valence-corrected chi connectivity index (χ0v) is 18.2. The summed E-state index contributed by atoms with van der Waals surface area (Å²) in [6.45, 7) is 8.67. The van der Waals surface area contributed by atoms with Crippen molar-refractivity contribution in [1.29, 1.82) is 0 Å². The van der Waals surface area contributed by atoms with Gasteiger partial charge in [-0.1, -0.05) is 26.8 Å². The first kappa shape index (κ1) is 19.0. The molecule has 0 fully saturated rings. The third-order valence-corrected chi connectivity index (χ3v) is 7.12. The van der Waals surface area contributed by atoms with E-state index in [1.807, 2.05) is 43.0 Å². The highest BCUT2D eigenvalue weighted by Gasteiger charge is 2.39. The van der Waals surface area contributed by atoms with Crippen LogP contribution in [-0.4, -0.2) is 37.3 Å². The zero-order valence-electron chi connectivity index (χ0n) is 17.4. The average molecular weight is 425 g/mol. The second-order valence-electron chi connectivity index (χ2n) is 8.61. The molecule has 1 unspecified atom stereocenters. The van der Waals surface area contributed by atoms with Gasteiger partial charge in [-0.3, -0.25) is 4.79 Å². The third-order valence-electron chi connectivity index (χ3n) is 5.36. The van der Waals surface area contributed by atoms with Crippen LogP contribution in [0.5, 0.6) is 0 Å². The molecule has 2 aromatic heterocycles. The molecule has 1 N–H and O–H groups in total. The van der Waals surface area contributed by atoms with E-state index in [0.29, 0.717) is 18.9 Å². The van der Waals surface area contributed by atoms with E-state index in [9.17, 15) is 4.79 Å².